The molecule has 0 aliphatic carbocycles. The lowest BCUT2D eigenvalue weighted by molar-refractivity contribution is -0.153. The second kappa shape index (κ2) is 9.32. The summed E-state index contributed by atoms with van der Waals surface area (Å²) < 4.78 is 25.0. The number of methoxy groups -OCH3 is 1. The summed E-state index contributed by atoms with van der Waals surface area (Å²) in [5, 5.41) is 9.35. The highest BCUT2D eigenvalue weighted by atomic mass is 19.1. The molecule has 6 nitrogen and oxygen atoms in total. The van der Waals surface area contributed by atoms with Gasteiger partial charge in [0.2, 0.25) is 5.91 Å². The number of benzene rings is 2. The highest BCUT2D eigenvalue weighted by molar-refractivity contribution is 5.85. The molecule has 28 heavy (non-hydrogen) atoms. The Labute approximate surface area is 163 Å². The zero-order chi connectivity index (χ0) is 20.8. The minimum absolute atomic E-state index is 0.0366. The maximum absolute atomic E-state index is 14.5. The van der Waals surface area contributed by atoms with E-state index in [4.69, 9.17) is 15.2 Å². The fourth-order valence-corrected chi connectivity index (χ4v) is 2.97. The Morgan fingerprint density at radius 3 is 2.29 bits per heavy atom. The molecule has 0 aromatic heterocycles. The molecule has 2 unspecified atom stereocenters. The van der Waals surface area contributed by atoms with Crippen LogP contribution in [0, 0.1) is 5.82 Å². The molecule has 0 aliphatic rings. The second-order valence-corrected chi connectivity index (χ2v) is 6.68. The number of carboxylic acid groups (broad SMARTS) is 1. The molecule has 0 aliphatic heterocycles. The minimum atomic E-state index is -1.11. The molecule has 2 rings (SSSR count). The third-order valence-electron chi connectivity index (χ3n) is 4.24. The zero-order valence-electron chi connectivity index (χ0n) is 16.0. The van der Waals surface area contributed by atoms with Crippen LogP contribution in [-0.2, 0) is 20.7 Å². The van der Waals surface area contributed by atoms with E-state index >= 15 is 0 Å². The fourth-order valence-electron chi connectivity index (χ4n) is 2.97. The quantitative estimate of drug-likeness (QED) is 0.687. The molecule has 7 heteroatoms. The largest absolute Gasteiger partial charge is 0.497 e. The van der Waals surface area contributed by atoms with E-state index in [-0.39, 0.29) is 18.1 Å². The van der Waals surface area contributed by atoms with Gasteiger partial charge in [-0.2, -0.15) is 0 Å². The summed E-state index contributed by atoms with van der Waals surface area (Å²) >= 11 is 0. The van der Waals surface area contributed by atoms with Gasteiger partial charge in [-0.05, 0) is 43.2 Å². The van der Waals surface area contributed by atoms with E-state index in [0.29, 0.717) is 16.9 Å². The van der Waals surface area contributed by atoms with Crippen LogP contribution in [0.25, 0.3) is 0 Å². The second-order valence-electron chi connectivity index (χ2n) is 6.68. The maximum Gasteiger partial charge on any atom is 0.333 e. The summed E-state index contributed by atoms with van der Waals surface area (Å²) in [6.07, 6.45) is -1.32. The summed E-state index contributed by atoms with van der Waals surface area (Å²) in [6, 6.07) is 10.7. The first-order valence-corrected chi connectivity index (χ1v) is 8.82. The molecule has 2 aromatic rings. The van der Waals surface area contributed by atoms with Crippen molar-refractivity contribution in [2.24, 2.45) is 5.73 Å². The Hall–Kier alpha value is -2.93. The van der Waals surface area contributed by atoms with Crippen LogP contribution in [0.4, 0.5) is 4.39 Å². The molecule has 2 atom stereocenters. The Bertz CT molecular complexity index is 835. The van der Waals surface area contributed by atoms with E-state index in [1.807, 2.05) is 0 Å². The molecular weight excluding hydrogens is 365 g/mol. The molecule has 0 heterocycles. The van der Waals surface area contributed by atoms with Gasteiger partial charge in [-0.25, -0.2) is 9.18 Å². The number of rotatable bonds is 9. The summed E-state index contributed by atoms with van der Waals surface area (Å²) in [6.45, 7) is 3.47. The minimum Gasteiger partial charge on any atom is -0.497 e. The van der Waals surface area contributed by atoms with Crippen LogP contribution in [0.5, 0.6) is 5.75 Å². The molecule has 0 fully saturated rings. The molecular formula is C21H24FNO5. The average Bonchev–Trinajstić information content (AvgIpc) is 2.63. The van der Waals surface area contributed by atoms with E-state index in [0.717, 1.165) is 0 Å². The first kappa shape index (κ1) is 21.4. The van der Waals surface area contributed by atoms with Crippen molar-refractivity contribution >= 4 is 11.9 Å². The SMILES string of the molecule is COc1ccc(C(C(N)=O)c2cc(CC(OC(C)C)C(=O)O)ccc2F)cc1. The molecule has 1 amide bonds. The van der Waals surface area contributed by atoms with Crippen molar-refractivity contribution < 1.29 is 28.6 Å². The van der Waals surface area contributed by atoms with Gasteiger partial charge in [0.1, 0.15) is 11.6 Å². The number of ether oxygens (including phenoxy) is 2. The predicted octanol–water partition coefficient (Wildman–Crippen LogP) is 2.87. The number of nitrogens with two attached hydrogens (primary N) is 1. The predicted molar refractivity (Wildman–Crippen MR) is 102 cm³/mol. The molecule has 0 saturated heterocycles. The highest BCUT2D eigenvalue weighted by Crippen LogP contribution is 2.29. The van der Waals surface area contributed by atoms with Crippen LogP contribution in [0.3, 0.4) is 0 Å². The third-order valence-corrected chi connectivity index (χ3v) is 4.24. The van der Waals surface area contributed by atoms with Gasteiger partial charge in [0.05, 0.1) is 19.1 Å². The van der Waals surface area contributed by atoms with E-state index < -0.39 is 29.7 Å². The van der Waals surface area contributed by atoms with Crippen molar-refractivity contribution in [3.63, 3.8) is 0 Å². The summed E-state index contributed by atoms with van der Waals surface area (Å²) in [7, 11) is 1.52. The fraction of sp³-hybridized carbons (Fsp3) is 0.333. The van der Waals surface area contributed by atoms with Crippen LogP contribution in [0.1, 0.15) is 36.5 Å². The zero-order valence-corrected chi connectivity index (χ0v) is 16.0. The van der Waals surface area contributed by atoms with E-state index in [2.05, 4.69) is 0 Å². The Morgan fingerprint density at radius 1 is 1.14 bits per heavy atom. The van der Waals surface area contributed by atoms with Crippen molar-refractivity contribution in [3.05, 3.63) is 65.0 Å². The number of amides is 1. The number of halogens is 1. The smallest absolute Gasteiger partial charge is 0.333 e. The third kappa shape index (κ3) is 5.29. The number of aliphatic carboxylic acids is 1. The van der Waals surface area contributed by atoms with Crippen LogP contribution in [0.15, 0.2) is 42.5 Å². The first-order valence-electron chi connectivity index (χ1n) is 8.82. The lowest BCUT2D eigenvalue weighted by Gasteiger charge is -2.19. The lowest BCUT2D eigenvalue weighted by atomic mass is 9.88. The molecule has 0 radical (unpaired) electrons. The normalized spacial score (nSPS) is 13.2. The number of hydrogen-bond donors (Lipinski definition) is 2. The van der Waals surface area contributed by atoms with Crippen LogP contribution in [-0.4, -0.2) is 36.3 Å². The van der Waals surface area contributed by atoms with Crippen LogP contribution < -0.4 is 10.5 Å². The number of carbonyl (C=O) groups is 2. The van der Waals surface area contributed by atoms with Crippen LogP contribution in [0.2, 0.25) is 0 Å². The van der Waals surface area contributed by atoms with Gasteiger partial charge in [0, 0.05) is 12.0 Å². The highest BCUT2D eigenvalue weighted by Gasteiger charge is 2.26. The summed E-state index contributed by atoms with van der Waals surface area (Å²) in [5.41, 5.74) is 6.68. The standard InChI is InChI=1S/C21H24FNO5/c1-12(2)28-18(21(25)26)11-13-4-9-17(22)16(10-13)19(20(23)24)14-5-7-15(27-3)8-6-14/h4-10,12,18-19H,11H2,1-3H3,(H2,23,24)(H,25,26). The molecule has 0 spiro atoms. The monoisotopic (exact) mass is 389 g/mol. The molecule has 150 valence electrons. The lowest BCUT2D eigenvalue weighted by Crippen LogP contribution is -2.29. The average molecular weight is 389 g/mol. The van der Waals surface area contributed by atoms with E-state index in [1.165, 1.54) is 25.3 Å². The Kier molecular flexibility index (Phi) is 7.12. The van der Waals surface area contributed by atoms with Gasteiger partial charge in [-0.1, -0.05) is 24.3 Å². The van der Waals surface area contributed by atoms with Crippen molar-refractivity contribution in [3.8, 4) is 5.75 Å². The number of carboxylic acids is 1. The van der Waals surface area contributed by atoms with Crippen molar-refractivity contribution in [2.45, 2.75) is 38.4 Å². The van der Waals surface area contributed by atoms with Crippen molar-refractivity contribution in [2.75, 3.05) is 7.11 Å². The van der Waals surface area contributed by atoms with Crippen molar-refractivity contribution in [1.29, 1.82) is 0 Å². The van der Waals surface area contributed by atoms with Crippen LogP contribution >= 0.6 is 0 Å². The maximum atomic E-state index is 14.5. The van der Waals surface area contributed by atoms with E-state index in [1.54, 1.807) is 38.1 Å². The van der Waals surface area contributed by atoms with Gasteiger partial charge in [0.25, 0.3) is 0 Å². The van der Waals surface area contributed by atoms with Gasteiger partial charge in [-0.15, -0.1) is 0 Å². The summed E-state index contributed by atoms with van der Waals surface area (Å²) in [5.74, 6) is -2.84. The molecule has 0 saturated carbocycles. The van der Waals surface area contributed by atoms with Gasteiger partial charge < -0.3 is 20.3 Å². The van der Waals surface area contributed by atoms with Crippen molar-refractivity contribution in [1.82, 2.24) is 0 Å². The van der Waals surface area contributed by atoms with Gasteiger partial charge in [-0.3, -0.25) is 4.79 Å². The first-order chi connectivity index (χ1) is 13.2. The van der Waals surface area contributed by atoms with Gasteiger partial charge in [0.15, 0.2) is 6.10 Å². The number of primary amides is 1. The Balaban J connectivity index is 2.40. The van der Waals surface area contributed by atoms with E-state index in [9.17, 15) is 19.1 Å². The Morgan fingerprint density at radius 2 is 1.79 bits per heavy atom. The molecule has 2 aromatic carbocycles. The summed E-state index contributed by atoms with van der Waals surface area (Å²) in [4.78, 5) is 23.5. The van der Waals surface area contributed by atoms with Gasteiger partial charge >= 0.3 is 5.97 Å². The number of hydrogen-bond acceptors (Lipinski definition) is 4. The molecule has 3 N–H and O–H groups in total. The number of carbonyl (C=O) groups excluding carboxylic acids is 1. The topological polar surface area (TPSA) is 98.9 Å². The molecule has 0 bridgehead atoms.